The highest BCUT2D eigenvalue weighted by atomic mass is 16.5. The third-order valence-electron chi connectivity index (χ3n) is 9.48. The van der Waals surface area contributed by atoms with E-state index in [1.807, 2.05) is 25.7 Å². The molecule has 43 heavy (non-hydrogen) atoms. The SMILES string of the molecule is CCC(=O)O[C@H]1[C@H]2C(=C(O)c3c(ccc(C(C)(C)C)c3O)[C@@H]2C)C(=O)[C@]2(O)C(O)=C(C(=O)NCN3CCCC3)C(=O)C[C@H]12. The Kier molecular flexibility index (Phi) is 7.71. The highest BCUT2D eigenvalue weighted by molar-refractivity contribution is 6.23. The number of carbonyl (C=O) groups excluding carboxylic acids is 4. The van der Waals surface area contributed by atoms with E-state index in [-0.39, 0.29) is 30.0 Å². The fourth-order valence-corrected chi connectivity index (χ4v) is 7.15. The smallest absolute Gasteiger partial charge is 0.305 e. The second-order valence-electron chi connectivity index (χ2n) is 13.1. The molecule has 3 aliphatic carbocycles. The topological polar surface area (TPSA) is 174 Å². The van der Waals surface area contributed by atoms with Gasteiger partial charge in [0.2, 0.25) is 5.78 Å². The standard InChI is InChI=1S/C32H40N2O9/c1-6-20(36)43-27-18-13-19(35)23(30(41)33-14-34-11-7-8-12-34)28(39)32(18,42)29(40)24-21(27)15(2)16-9-10-17(31(3,4)5)25(37)22(16)26(24)38/h9-10,15,18,21,27,37-39,42H,6-8,11-14H2,1-5H3,(H,33,41)/t15-,18+,21+,27+,32+/m0/s1. The monoisotopic (exact) mass is 596 g/mol. The molecule has 1 aliphatic heterocycles. The molecule has 0 spiro atoms. The number of benzene rings is 1. The molecule has 1 saturated heterocycles. The fourth-order valence-electron chi connectivity index (χ4n) is 7.15. The number of ether oxygens (including phenoxy) is 1. The molecule has 5 atom stereocenters. The zero-order valence-corrected chi connectivity index (χ0v) is 25.2. The lowest BCUT2D eigenvalue weighted by Crippen LogP contribution is -2.64. The van der Waals surface area contributed by atoms with Crippen LogP contribution >= 0.6 is 0 Å². The van der Waals surface area contributed by atoms with Crippen LogP contribution in [-0.2, 0) is 29.3 Å². The highest BCUT2D eigenvalue weighted by Gasteiger charge is 2.66. The second-order valence-corrected chi connectivity index (χ2v) is 13.1. The minimum Gasteiger partial charge on any atom is -0.508 e. The van der Waals surface area contributed by atoms with Crippen molar-refractivity contribution < 1.29 is 44.3 Å². The van der Waals surface area contributed by atoms with Gasteiger partial charge in [0.1, 0.15) is 28.9 Å². The maximum atomic E-state index is 14.3. The number of carbonyl (C=O) groups is 4. The normalized spacial score (nSPS) is 29.3. The Labute approximate surface area is 250 Å². The van der Waals surface area contributed by atoms with Crippen LogP contribution in [0.3, 0.4) is 0 Å². The molecule has 1 saturated carbocycles. The van der Waals surface area contributed by atoms with Gasteiger partial charge in [-0.3, -0.25) is 24.1 Å². The first-order valence-corrected chi connectivity index (χ1v) is 14.9. The molecule has 11 nitrogen and oxygen atoms in total. The largest absolute Gasteiger partial charge is 0.508 e. The zero-order valence-electron chi connectivity index (χ0n) is 25.2. The van der Waals surface area contributed by atoms with E-state index in [0.717, 1.165) is 25.9 Å². The van der Waals surface area contributed by atoms with Crippen LogP contribution in [0.1, 0.15) is 82.9 Å². The van der Waals surface area contributed by atoms with Crippen LogP contribution < -0.4 is 5.32 Å². The molecule has 4 aliphatic rings. The number of nitrogens with one attached hydrogen (secondary N) is 1. The number of hydrogen-bond acceptors (Lipinski definition) is 10. The van der Waals surface area contributed by atoms with Crippen LogP contribution in [0.5, 0.6) is 5.75 Å². The Balaban J connectivity index is 1.68. The van der Waals surface area contributed by atoms with Crippen molar-refractivity contribution in [1.82, 2.24) is 10.2 Å². The molecule has 1 aromatic rings. The van der Waals surface area contributed by atoms with Crippen LogP contribution in [-0.4, -0.2) is 80.2 Å². The maximum Gasteiger partial charge on any atom is 0.305 e. The second kappa shape index (κ2) is 10.8. The van der Waals surface area contributed by atoms with Crippen molar-refractivity contribution in [2.75, 3.05) is 19.8 Å². The molecule has 0 unspecified atom stereocenters. The minimum atomic E-state index is -2.85. The van der Waals surface area contributed by atoms with E-state index >= 15 is 0 Å². The summed E-state index contributed by atoms with van der Waals surface area (Å²) < 4.78 is 5.79. The lowest BCUT2D eigenvalue weighted by molar-refractivity contribution is -0.178. The Bertz CT molecular complexity index is 1460. The third kappa shape index (κ3) is 4.73. The summed E-state index contributed by atoms with van der Waals surface area (Å²) in [6, 6.07) is 3.48. The summed E-state index contributed by atoms with van der Waals surface area (Å²) in [5.74, 6) is -8.55. The van der Waals surface area contributed by atoms with Gasteiger partial charge in [-0.1, -0.05) is 46.8 Å². The molecule has 2 fully saturated rings. The van der Waals surface area contributed by atoms with Crippen molar-refractivity contribution in [1.29, 1.82) is 0 Å². The van der Waals surface area contributed by atoms with Crippen LogP contribution in [0.2, 0.25) is 0 Å². The number of amides is 1. The summed E-state index contributed by atoms with van der Waals surface area (Å²) in [5.41, 5.74) is -3.43. The van der Waals surface area contributed by atoms with Crippen molar-refractivity contribution >= 4 is 29.2 Å². The number of rotatable bonds is 5. The predicted molar refractivity (Wildman–Crippen MR) is 155 cm³/mol. The Morgan fingerprint density at radius 1 is 1.12 bits per heavy atom. The number of aliphatic hydroxyl groups excluding tert-OH is 2. The molecule has 11 heteroatoms. The fraction of sp³-hybridized carbons (Fsp3) is 0.562. The molecule has 1 heterocycles. The Morgan fingerprint density at radius 2 is 1.77 bits per heavy atom. The number of esters is 1. The van der Waals surface area contributed by atoms with Crippen molar-refractivity contribution in [2.24, 2.45) is 11.8 Å². The van der Waals surface area contributed by atoms with Crippen molar-refractivity contribution in [3.8, 4) is 5.75 Å². The number of Topliss-reactive ketones (excluding diaryl/α,β-unsaturated/α-hetero) is 2. The number of likely N-dealkylation sites (tertiary alicyclic amines) is 1. The predicted octanol–water partition coefficient (Wildman–Crippen LogP) is 2.90. The van der Waals surface area contributed by atoms with Crippen molar-refractivity contribution in [3.05, 3.63) is 45.7 Å². The van der Waals surface area contributed by atoms with E-state index in [0.29, 0.717) is 11.1 Å². The summed E-state index contributed by atoms with van der Waals surface area (Å²) in [5, 5.41) is 49.0. The van der Waals surface area contributed by atoms with Gasteiger partial charge in [0.15, 0.2) is 11.4 Å². The molecule has 1 aromatic carbocycles. The van der Waals surface area contributed by atoms with Gasteiger partial charge in [-0.25, -0.2) is 0 Å². The molecule has 232 valence electrons. The first kappa shape index (κ1) is 30.7. The summed E-state index contributed by atoms with van der Waals surface area (Å²) in [6.45, 7) is 10.6. The average molecular weight is 597 g/mol. The van der Waals surface area contributed by atoms with Gasteiger partial charge in [0.25, 0.3) is 5.91 Å². The minimum absolute atomic E-state index is 0.0149. The van der Waals surface area contributed by atoms with Gasteiger partial charge < -0.3 is 30.5 Å². The van der Waals surface area contributed by atoms with Gasteiger partial charge >= 0.3 is 5.97 Å². The van der Waals surface area contributed by atoms with Crippen molar-refractivity contribution in [3.63, 3.8) is 0 Å². The van der Waals surface area contributed by atoms with Crippen LogP contribution in [0, 0.1) is 11.8 Å². The summed E-state index contributed by atoms with van der Waals surface area (Å²) in [7, 11) is 0. The molecular formula is C32H40N2O9. The number of phenolic OH excluding ortho intramolecular Hbond substituents is 1. The summed E-state index contributed by atoms with van der Waals surface area (Å²) in [6.07, 6.45) is 0.00224. The first-order valence-electron chi connectivity index (χ1n) is 14.9. The quantitative estimate of drug-likeness (QED) is 0.251. The molecule has 5 rings (SSSR count). The van der Waals surface area contributed by atoms with Gasteiger partial charge in [-0.05, 0) is 42.8 Å². The first-order chi connectivity index (χ1) is 20.1. The number of aliphatic hydroxyl groups is 3. The van der Waals surface area contributed by atoms with Gasteiger partial charge in [0.05, 0.1) is 12.2 Å². The van der Waals surface area contributed by atoms with Crippen molar-refractivity contribution in [2.45, 2.75) is 83.3 Å². The van der Waals surface area contributed by atoms with E-state index < -0.39 is 81.8 Å². The van der Waals surface area contributed by atoms with Gasteiger partial charge in [-0.2, -0.15) is 0 Å². The highest BCUT2D eigenvalue weighted by Crippen LogP contribution is 2.57. The Hall–Kier alpha value is -3.70. The maximum absolute atomic E-state index is 14.3. The molecule has 0 radical (unpaired) electrons. The average Bonchev–Trinajstić information content (AvgIpc) is 3.46. The van der Waals surface area contributed by atoms with E-state index in [1.54, 1.807) is 26.0 Å². The van der Waals surface area contributed by atoms with Crippen LogP contribution in [0.15, 0.2) is 29.0 Å². The number of phenols is 1. The van der Waals surface area contributed by atoms with E-state index in [4.69, 9.17) is 4.74 Å². The summed E-state index contributed by atoms with van der Waals surface area (Å²) in [4.78, 5) is 55.5. The molecule has 5 N–H and O–H groups in total. The van der Waals surface area contributed by atoms with Gasteiger partial charge in [0, 0.05) is 35.8 Å². The molecule has 1 amide bonds. The number of nitrogens with zero attached hydrogens (tertiary/aromatic N) is 1. The molecular weight excluding hydrogens is 556 g/mol. The zero-order chi connectivity index (χ0) is 31.6. The van der Waals surface area contributed by atoms with E-state index in [9.17, 15) is 39.6 Å². The number of hydrogen-bond donors (Lipinski definition) is 5. The lowest BCUT2D eigenvalue weighted by atomic mass is 9.55. The van der Waals surface area contributed by atoms with E-state index in [2.05, 4.69) is 5.32 Å². The van der Waals surface area contributed by atoms with Crippen LogP contribution in [0.4, 0.5) is 0 Å². The molecule has 0 bridgehead atoms. The number of aromatic hydroxyl groups is 1. The number of ketones is 2. The third-order valence-corrected chi connectivity index (χ3v) is 9.48. The summed E-state index contributed by atoms with van der Waals surface area (Å²) >= 11 is 0. The Morgan fingerprint density at radius 3 is 2.37 bits per heavy atom. The molecule has 0 aromatic heterocycles. The van der Waals surface area contributed by atoms with Gasteiger partial charge in [-0.15, -0.1) is 0 Å². The van der Waals surface area contributed by atoms with Crippen LogP contribution in [0.25, 0.3) is 5.76 Å². The number of fused-ring (bicyclic) bond motifs is 3. The lowest BCUT2D eigenvalue weighted by Gasteiger charge is -2.51. The van der Waals surface area contributed by atoms with E-state index in [1.165, 1.54) is 0 Å².